The lowest BCUT2D eigenvalue weighted by atomic mass is 10.1. The van der Waals surface area contributed by atoms with Crippen LogP contribution >= 0.6 is 0 Å². The zero-order chi connectivity index (χ0) is 14.5. The maximum absolute atomic E-state index is 12.6. The van der Waals surface area contributed by atoms with Crippen molar-refractivity contribution in [3.8, 4) is 0 Å². The highest BCUT2D eigenvalue weighted by molar-refractivity contribution is 5.82. The molecule has 2 unspecified atom stereocenters. The minimum atomic E-state index is -0.107. The van der Waals surface area contributed by atoms with Gasteiger partial charge in [0.15, 0.2) is 0 Å². The van der Waals surface area contributed by atoms with Gasteiger partial charge in [0.25, 0.3) is 0 Å². The second-order valence-electron chi connectivity index (χ2n) is 5.33. The molecule has 1 amide bonds. The smallest absolute Gasteiger partial charge is 0.240 e. The lowest BCUT2D eigenvalue weighted by Gasteiger charge is -2.25. The van der Waals surface area contributed by atoms with Crippen molar-refractivity contribution in [2.45, 2.75) is 39.0 Å². The Bertz CT molecular complexity index is 462. The zero-order valence-electron chi connectivity index (χ0n) is 12.6. The number of aryl methyl sites for hydroxylation is 1. The molecular formula is C16H24N2O2. The van der Waals surface area contributed by atoms with Crippen molar-refractivity contribution >= 4 is 5.91 Å². The van der Waals surface area contributed by atoms with Gasteiger partial charge in [-0.1, -0.05) is 24.3 Å². The molecule has 0 saturated carbocycles. The van der Waals surface area contributed by atoms with Gasteiger partial charge in [0.2, 0.25) is 5.91 Å². The van der Waals surface area contributed by atoms with Crippen LogP contribution < -0.4 is 5.32 Å². The molecular weight excluding hydrogens is 252 g/mol. The summed E-state index contributed by atoms with van der Waals surface area (Å²) in [7, 11) is 1.70. The van der Waals surface area contributed by atoms with Gasteiger partial charge < -0.3 is 15.0 Å². The van der Waals surface area contributed by atoms with Crippen LogP contribution in [0, 0.1) is 6.92 Å². The van der Waals surface area contributed by atoms with Gasteiger partial charge in [-0.15, -0.1) is 0 Å². The maximum atomic E-state index is 12.6. The van der Waals surface area contributed by atoms with Gasteiger partial charge in [-0.25, -0.2) is 0 Å². The van der Waals surface area contributed by atoms with E-state index in [0.29, 0.717) is 6.54 Å². The van der Waals surface area contributed by atoms with Crippen LogP contribution in [0.2, 0.25) is 0 Å². The summed E-state index contributed by atoms with van der Waals surface area (Å²) in [5, 5.41) is 3.26. The summed E-state index contributed by atoms with van der Waals surface area (Å²) in [5.41, 5.74) is 2.44. The first-order chi connectivity index (χ1) is 9.65. The summed E-state index contributed by atoms with van der Waals surface area (Å²) in [4.78, 5) is 14.5. The summed E-state index contributed by atoms with van der Waals surface area (Å²) in [6.07, 6.45) is 0.917. The van der Waals surface area contributed by atoms with E-state index in [2.05, 4.69) is 24.4 Å². The van der Waals surface area contributed by atoms with Gasteiger partial charge in [-0.3, -0.25) is 4.79 Å². The van der Waals surface area contributed by atoms with Crippen LogP contribution in [0.25, 0.3) is 0 Å². The fourth-order valence-electron chi connectivity index (χ4n) is 2.63. The van der Waals surface area contributed by atoms with E-state index in [-0.39, 0.29) is 18.1 Å². The van der Waals surface area contributed by atoms with Crippen LogP contribution in [0.5, 0.6) is 0 Å². The van der Waals surface area contributed by atoms with E-state index < -0.39 is 0 Å². The summed E-state index contributed by atoms with van der Waals surface area (Å²) in [5.74, 6) is 0.176. The SMILES string of the molecule is CCN(Cc1ccccc1C)C(=O)C1CC(OC)CN1. The first-order valence-corrected chi connectivity index (χ1v) is 7.25. The molecule has 2 atom stereocenters. The molecule has 4 nitrogen and oxygen atoms in total. The van der Waals surface area contributed by atoms with Crippen molar-refractivity contribution in [3.63, 3.8) is 0 Å². The van der Waals surface area contributed by atoms with Crippen LogP contribution in [0.15, 0.2) is 24.3 Å². The molecule has 1 N–H and O–H groups in total. The molecule has 1 aromatic carbocycles. The molecule has 0 bridgehead atoms. The predicted molar refractivity (Wildman–Crippen MR) is 79.5 cm³/mol. The van der Waals surface area contributed by atoms with Crippen molar-refractivity contribution in [2.24, 2.45) is 0 Å². The average Bonchev–Trinajstić information content (AvgIpc) is 2.94. The van der Waals surface area contributed by atoms with Crippen LogP contribution in [0.4, 0.5) is 0 Å². The summed E-state index contributed by atoms with van der Waals surface area (Å²) >= 11 is 0. The van der Waals surface area contributed by atoms with Gasteiger partial charge in [0, 0.05) is 26.7 Å². The third-order valence-corrected chi connectivity index (χ3v) is 4.04. The van der Waals surface area contributed by atoms with Gasteiger partial charge in [-0.05, 0) is 31.4 Å². The summed E-state index contributed by atoms with van der Waals surface area (Å²) in [6.45, 7) is 6.27. The lowest BCUT2D eigenvalue weighted by molar-refractivity contribution is -0.133. The Morgan fingerprint density at radius 3 is 2.80 bits per heavy atom. The Morgan fingerprint density at radius 1 is 1.45 bits per heavy atom. The topological polar surface area (TPSA) is 41.6 Å². The molecule has 1 aliphatic heterocycles. The Labute approximate surface area is 121 Å². The predicted octanol–water partition coefficient (Wildman–Crippen LogP) is 1.72. The average molecular weight is 276 g/mol. The third kappa shape index (κ3) is 3.38. The molecule has 1 aliphatic rings. The van der Waals surface area contributed by atoms with E-state index in [0.717, 1.165) is 19.5 Å². The number of amides is 1. The fraction of sp³-hybridized carbons (Fsp3) is 0.562. The molecule has 110 valence electrons. The van der Waals surface area contributed by atoms with E-state index in [1.54, 1.807) is 7.11 Å². The molecule has 0 spiro atoms. The molecule has 1 fully saturated rings. The Kier molecular flexibility index (Phi) is 5.15. The second kappa shape index (κ2) is 6.86. The largest absolute Gasteiger partial charge is 0.380 e. The van der Waals surface area contributed by atoms with Crippen molar-refractivity contribution in [1.82, 2.24) is 10.2 Å². The molecule has 1 saturated heterocycles. The van der Waals surface area contributed by atoms with E-state index in [1.807, 2.05) is 24.0 Å². The number of carbonyl (C=O) groups is 1. The highest BCUT2D eigenvalue weighted by Gasteiger charge is 2.31. The Balaban J connectivity index is 2.01. The van der Waals surface area contributed by atoms with E-state index in [9.17, 15) is 4.79 Å². The van der Waals surface area contributed by atoms with Gasteiger partial charge in [0.1, 0.15) is 0 Å². The number of nitrogens with zero attached hydrogens (tertiary/aromatic N) is 1. The minimum absolute atomic E-state index is 0.107. The fourth-order valence-corrected chi connectivity index (χ4v) is 2.63. The first kappa shape index (κ1) is 15.0. The van der Waals surface area contributed by atoms with Gasteiger partial charge in [0.05, 0.1) is 12.1 Å². The van der Waals surface area contributed by atoms with E-state index in [1.165, 1.54) is 11.1 Å². The Morgan fingerprint density at radius 2 is 2.20 bits per heavy atom. The number of hydrogen-bond donors (Lipinski definition) is 1. The number of methoxy groups -OCH3 is 1. The number of nitrogens with one attached hydrogen (secondary N) is 1. The number of hydrogen-bond acceptors (Lipinski definition) is 3. The number of likely N-dealkylation sites (N-methyl/N-ethyl adjacent to an activating group) is 1. The Hall–Kier alpha value is -1.39. The number of benzene rings is 1. The third-order valence-electron chi connectivity index (χ3n) is 4.04. The van der Waals surface area contributed by atoms with Crippen molar-refractivity contribution in [2.75, 3.05) is 20.2 Å². The maximum Gasteiger partial charge on any atom is 0.240 e. The van der Waals surface area contributed by atoms with Crippen LogP contribution in [-0.4, -0.2) is 43.2 Å². The number of ether oxygens (including phenoxy) is 1. The molecule has 0 aliphatic carbocycles. The summed E-state index contributed by atoms with van der Waals surface area (Å²) < 4.78 is 5.31. The van der Waals surface area contributed by atoms with Crippen LogP contribution in [0.1, 0.15) is 24.5 Å². The highest BCUT2D eigenvalue weighted by atomic mass is 16.5. The number of rotatable bonds is 5. The van der Waals surface area contributed by atoms with E-state index in [4.69, 9.17) is 4.74 Å². The normalized spacial score (nSPS) is 21.9. The van der Waals surface area contributed by atoms with Crippen LogP contribution in [0.3, 0.4) is 0 Å². The minimum Gasteiger partial charge on any atom is -0.380 e. The van der Waals surface area contributed by atoms with Crippen LogP contribution in [-0.2, 0) is 16.1 Å². The van der Waals surface area contributed by atoms with Gasteiger partial charge >= 0.3 is 0 Å². The molecule has 20 heavy (non-hydrogen) atoms. The molecule has 0 radical (unpaired) electrons. The standard InChI is InChI=1S/C16H24N2O2/c1-4-18(11-13-8-6-5-7-12(13)2)16(19)15-9-14(20-3)10-17-15/h5-8,14-15,17H,4,9-11H2,1-3H3. The molecule has 2 rings (SSSR count). The van der Waals surface area contributed by atoms with E-state index >= 15 is 0 Å². The molecule has 1 aromatic rings. The first-order valence-electron chi connectivity index (χ1n) is 7.25. The van der Waals surface area contributed by atoms with Crippen molar-refractivity contribution in [1.29, 1.82) is 0 Å². The monoisotopic (exact) mass is 276 g/mol. The molecule has 1 heterocycles. The molecule has 4 heteroatoms. The lowest BCUT2D eigenvalue weighted by Crippen LogP contribution is -2.43. The van der Waals surface area contributed by atoms with Crippen molar-refractivity contribution < 1.29 is 9.53 Å². The van der Waals surface area contributed by atoms with Gasteiger partial charge in [-0.2, -0.15) is 0 Å². The zero-order valence-corrected chi connectivity index (χ0v) is 12.6. The summed E-state index contributed by atoms with van der Waals surface area (Å²) in [6, 6.07) is 8.12. The quantitative estimate of drug-likeness (QED) is 0.890. The van der Waals surface area contributed by atoms with Crippen molar-refractivity contribution in [3.05, 3.63) is 35.4 Å². The highest BCUT2D eigenvalue weighted by Crippen LogP contribution is 2.15. The number of carbonyl (C=O) groups excluding carboxylic acids is 1. The molecule has 0 aromatic heterocycles. The second-order valence-corrected chi connectivity index (χ2v) is 5.33.